The maximum absolute atomic E-state index is 11.6. The van der Waals surface area contributed by atoms with Gasteiger partial charge in [0.15, 0.2) is 0 Å². The van der Waals surface area contributed by atoms with Crippen LogP contribution >= 0.6 is 0 Å². The van der Waals surface area contributed by atoms with Crippen LogP contribution in [0, 0.1) is 5.92 Å². The monoisotopic (exact) mass is 248 g/mol. The Morgan fingerprint density at radius 2 is 1.94 bits per heavy atom. The van der Waals surface area contributed by atoms with Crippen molar-refractivity contribution in [3.63, 3.8) is 0 Å². The molecule has 0 unspecified atom stereocenters. The van der Waals surface area contributed by atoms with Crippen LogP contribution in [0.4, 0.5) is 0 Å². The van der Waals surface area contributed by atoms with Gasteiger partial charge in [-0.1, -0.05) is 24.3 Å². The average molecular weight is 248 g/mol. The molecule has 0 saturated carbocycles. The van der Waals surface area contributed by atoms with E-state index in [9.17, 15) is 9.59 Å². The molecular formula is C14H16O4. The summed E-state index contributed by atoms with van der Waals surface area (Å²) in [5, 5.41) is 0. The van der Waals surface area contributed by atoms with Crippen molar-refractivity contribution < 1.29 is 19.1 Å². The minimum absolute atomic E-state index is 0.213. The van der Waals surface area contributed by atoms with Crippen LogP contribution in [0.25, 0.3) is 0 Å². The van der Waals surface area contributed by atoms with Crippen LogP contribution in [-0.2, 0) is 20.7 Å². The van der Waals surface area contributed by atoms with Crippen LogP contribution in [0.15, 0.2) is 24.3 Å². The number of rotatable bonds is 5. The van der Waals surface area contributed by atoms with Crippen LogP contribution in [0.5, 0.6) is 0 Å². The number of carbonyl (C=O) groups excluding carboxylic acids is 2. The smallest absolute Gasteiger partial charge is 0.379 e. The number of ketones is 1. The Bertz CT molecular complexity index is 432. The van der Waals surface area contributed by atoms with Gasteiger partial charge in [-0.2, -0.15) is 0 Å². The van der Waals surface area contributed by atoms with Crippen molar-refractivity contribution in [1.82, 2.24) is 0 Å². The minimum Gasteiger partial charge on any atom is -0.460 e. The molecule has 0 atom stereocenters. The van der Waals surface area contributed by atoms with E-state index in [1.165, 1.54) is 0 Å². The zero-order chi connectivity index (χ0) is 13.0. The summed E-state index contributed by atoms with van der Waals surface area (Å²) in [6.45, 7) is 3.51. The quantitative estimate of drug-likeness (QED) is 0.451. The van der Waals surface area contributed by atoms with Gasteiger partial charge in [-0.25, -0.2) is 4.79 Å². The van der Waals surface area contributed by atoms with Crippen molar-refractivity contribution in [3.05, 3.63) is 35.4 Å². The first-order valence-electron chi connectivity index (χ1n) is 6.09. The highest BCUT2D eigenvalue weighted by atomic mass is 16.5. The molecule has 4 heteroatoms. The van der Waals surface area contributed by atoms with Gasteiger partial charge in [0.2, 0.25) is 0 Å². The molecule has 0 aromatic heterocycles. The first-order valence-corrected chi connectivity index (χ1v) is 6.09. The Kier molecular flexibility index (Phi) is 4.10. The third-order valence-corrected chi connectivity index (χ3v) is 2.91. The molecule has 4 nitrogen and oxygen atoms in total. The third-order valence-electron chi connectivity index (χ3n) is 2.91. The molecule has 1 heterocycles. The summed E-state index contributed by atoms with van der Waals surface area (Å²) in [4.78, 5) is 22.9. The summed E-state index contributed by atoms with van der Waals surface area (Å²) in [5.74, 6) is -0.801. The number of benzene rings is 1. The summed E-state index contributed by atoms with van der Waals surface area (Å²) in [6.07, 6.45) is 0.952. The maximum atomic E-state index is 11.6. The summed E-state index contributed by atoms with van der Waals surface area (Å²) in [7, 11) is 0. The molecule has 1 aromatic rings. The van der Waals surface area contributed by atoms with E-state index >= 15 is 0 Å². The van der Waals surface area contributed by atoms with Gasteiger partial charge in [0.05, 0.1) is 19.8 Å². The second-order valence-corrected chi connectivity index (χ2v) is 4.35. The van der Waals surface area contributed by atoms with Gasteiger partial charge in [-0.05, 0) is 18.9 Å². The lowest BCUT2D eigenvalue weighted by molar-refractivity contribution is -0.137. The van der Waals surface area contributed by atoms with Crippen molar-refractivity contribution in [2.24, 2.45) is 5.92 Å². The van der Waals surface area contributed by atoms with E-state index in [0.717, 1.165) is 25.2 Å². The van der Waals surface area contributed by atoms with Gasteiger partial charge in [-0.15, -0.1) is 0 Å². The zero-order valence-electron chi connectivity index (χ0n) is 10.3. The normalized spacial score (nSPS) is 14.9. The van der Waals surface area contributed by atoms with Gasteiger partial charge in [0, 0.05) is 11.5 Å². The molecule has 1 aromatic carbocycles. The molecule has 0 N–H and O–H groups in total. The van der Waals surface area contributed by atoms with Gasteiger partial charge >= 0.3 is 5.97 Å². The number of carbonyl (C=O) groups is 2. The highest BCUT2D eigenvalue weighted by Crippen LogP contribution is 2.17. The molecule has 96 valence electrons. The second kappa shape index (κ2) is 5.78. The Labute approximate surface area is 106 Å². The van der Waals surface area contributed by atoms with E-state index < -0.39 is 11.8 Å². The highest BCUT2D eigenvalue weighted by molar-refractivity contribution is 6.40. The average Bonchev–Trinajstić information content (AvgIpc) is 2.34. The number of Topliss-reactive ketones (excluding diaryl/α,β-unsaturated/α-hetero) is 1. The van der Waals surface area contributed by atoms with Gasteiger partial charge in [0.1, 0.15) is 0 Å². The first kappa shape index (κ1) is 12.8. The van der Waals surface area contributed by atoms with Crippen molar-refractivity contribution in [2.45, 2.75) is 13.3 Å². The molecule has 2 rings (SSSR count). The third kappa shape index (κ3) is 2.96. The first-order chi connectivity index (χ1) is 8.70. The zero-order valence-corrected chi connectivity index (χ0v) is 10.3. The van der Waals surface area contributed by atoms with E-state index in [2.05, 4.69) is 4.74 Å². The number of ether oxygens (including phenoxy) is 2. The standard InChI is InChI=1S/C14H16O4/c1-2-18-14(16)13(15)12-5-3-10(4-6-12)7-11-8-17-9-11/h3-6,11H,2,7-9H2,1H3. The van der Waals surface area contributed by atoms with Crippen molar-refractivity contribution >= 4 is 11.8 Å². The lowest BCUT2D eigenvalue weighted by Gasteiger charge is -2.25. The number of hydrogen-bond acceptors (Lipinski definition) is 4. The van der Waals surface area contributed by atoms with Gasteiger partial charge in [0.25, 0.3) is 5.78 Å². The van der Waals surface area contributed by atoms with Crippen molar-refractivity contribution in [2.75, 3.05) is 19.8 Å². The fourth-order valence-corrected chi connectivity index (χ4v) is 1.84. The topological polar surface area (TPSA) is 52.6 Å². The minimum atomic E-state index is -0.794. The number of esters is 1. The predicted octanol–water partition coefficient (Wildman–Crippen LogP) is 1.62. The van der Waals surface area contributed by atoms with E-state index in [-0.39, 0.29) is 6.61 Å². The van der Waals surface area contributed by atoms with Crippen LogP contribution < -0.4 is 0 Å². The molecule has 0 amide bonds. The molecule has 1 saturated heterocycles. The van der Waals surface area contributed by atoms with E-state index in [4.69, 9.17) is 4.74 Å². The fraction of sp³-hybridized carbons (Fsp3) is 0.429. The van der Waals surface area contributed by atoms with E-state index in [1.807, 2.05) is 12.1 Å². The Morgan fingerprint density at radius 1 is 1.28 bits per heavy atom. The molecular weight excluding hydrogens is 232 g/mol. The summed E-state index contributed by atoms with van der Waals surface area (Å²) in [6, 6.07) is 7.11. The molecule has 1 fully saturated rings. The van der Waals surface area contributed by atoms with Gasteiger partial charge in [-0.3, -0.25) is 4.79 Å². The van der Waals surface area contributed by atoms with Gasteiger partial charge < -0.3 is 9.47 Å². The largest absolute Gasteiger partial charge is 0.460 e. The van der Waals surface area contributed by atoms with Crippen LogP contribution in [0.3, 0.4) is 0 Å². The highest BCUT2D eigenvalue weighted by Gasteiger charge is 2.20. The fourth-order valence-electron chi connectivity index (χ4n) is 1.84. The molecule has 0 spiro atoms. The van der Waals surface area contributed by atoms with Crippen LogP contribution in [-0.4, -0.2) is 31.6 Å². The summed E-state index contributed by atoms with van der Waals surface area (Å²) >= 11 is 0. The molecule has 0 radical (unpaired) electrons. The lowest BCUT2D eigenvalue weighted by Crippen LogP contribution is -2.29. The molecule has 1 aliphatic rings. The Morgan fingerprint density at radius 3 is 2.44 bits per heavy atom. The summed E-state index contributed by atoms with van der Waals surface area (Å²) < 4.78 is 9.79. The SMILES string of the molecule is CCOC(=O)C(=O)c1ccc(CC2COC2)cc1. The summed E-state index contributed by atoms with van der Waals surface area (Å²) in [5.41, 5.74) is 1.53. The van der Waals surface area contributed by atoms with Crippen LogP contribution in [0.1, 0.15) is 22.8 Å². The van der Waals surface area contributed by atoms with Crippen molar-refractivity contribution in [3.8, 4) is 0 Å². The molecule has 0 aliphatic carbocycles. The van der Waals surface area contributed by atoms with E-state index in [1.54, 1.807) is 19.1 Å². The Balaban J connectivity index is 1.97. The number of hydrogen-bond donors (Lipinski definition) is 0. The van der Waals surface area contributed by atoms with E-state index in [0.29, 0.717) is 11.5 Å². The second-order valence-electron chi connectivity index (χ2n) is 4.35. The molecule has 1 aliphatic heterocycles. The molecule has 0 bridgehead atoms. The predicted molar refractivity (Wildman–Crippen MR) is 65.4 cm³/mol. The lowest BCUT2D eigenvalue weighted by atomic mass is 9.97. The Hall–Kier alpha value is -1.68. The maximum Gasteiger partial charge on any atom is 0.379 e. The van der Waals surface area contributed by atoms with Crippen molar-refractivity contribution in [1.29, 1.82) is 0 Å². The molecule has 18 heavy (non-hydrogen) atoms. The van der Waals surface area contributed by atoms with Crippen LogP contribution in [0.2, 0.25) is 0 Å².